The molecule has 0 aliphatic rings. The first kappa shape index (κ1) is 16.6. The van der Waals surface area contributed by atoms with Crippen molar-refractivity contribution >= 4 is 38.9 Å². The van der Waals surface area contributed by atoms with E-state index >= 15 is 0 Å². The Kier molecular flexibility index (Phi) is 4.94. The highest BCUT2D eigenvalue weighted by Crippen LogP contribution is 2.31. The maximum Gasteiger partial charge on any atom is 0.134 e. The monoisotopic (exact) mass is 394 g/mol. The normalized spacial score (nSPS) is 11.3. The summed E-state index contributed by atoms with van der Waals surface area (Å²) in [7, 11) is 0. The van der Waals surface area contributed by atoms with Crippen LogP contribution in [0.3, 0.4) is 0 Å². The van der Waals surface area contributed by atoms with Crippen LogP contribution in [0.2, 0.25) is 0 Å². The summed E-state index contributed by atoms with van der Waals surface area (Å²) in [4.78, 5) is 5.83. The molecule has 0 radical (unpaired) electrons. The van der Waals surface area contributed by atoms with Crippen LogP contribution in [-0.2, 0) is 0 Å². The summed E-state index contributed by atoms with van der Waals surface area (Å²) in [5.74, 6) is 0. The zero-order chi connectivity index (χ0) is 17.1. The fourth-order valence-corrected chi connectivity index (χ4v) is 3.52. The van der Waals surface area contributed by atoms with E-state index < -0.39 is 0 Å². The predicted octanol–water partition coefficient (Wildman–Crippen LogP) is 6.25. The number of allylic oxidation sites excluding steroid dienone is 1. The van der Waals surface area contributed by atoms with Gasteiger partial charge in [0.2, 0.25) is 0 Å². The van der Waals surface area contributed by atoms with Crippen LogP contribution >= 0.6 is 27.3 Å². The largest absolute Gasteiger partial charge is 0.235 e. The molecule has 3 rings (SSSR count). The van der Waals surface area contributed by atoms with E-state index in [1.165, 1.54) is 5.56 Å². The van der Waals surface area contributed by atoms with Crippen LogP contribution in [-0.4, -0.2) is 4.98 Å². The molecular weight excluding hydrogens is 380 g/mol. The molecule has 1 heterocycles. The van der Waals surface area contributed by atoms with E-state index in [4.69, 9.17) is 4.98 Å². The van der Waals surface area contributed by atoms with Gasteiger partial charge in [-0.3, -0.25) is 0 Å². The number of hydrogen-bond acceptors (Lipinski definition) is 3. The van der Waals surface area contributed by atoms with Gasteiger partial charge in [-0.2, -0.15) is 5.26 Å². The Bertz CT molecular complexity index is 929. The summed E-state index contributed by atoms with van der Waals surface area (Å²) in [6.07, 6.45) is 1.88. The smallest absolute Gasteiger partial charge is 0.134 e. The number of benzene rings is 2. The molecule has 0 aliphatic heterocycles. The standard InChI is InChI=1S/C20H15BrN2S/c1-13-3-7-16(8-4-13)19-14(2)24-20(23-19)17(12-22)11-15-5-9-18(21)10-6-15/h3-11H,1-2H3/b17-11-. The highest BCUT2D eigenvalue weighted by molar-refractivity contribution is 9.10. The minimum absolute atomic E-state index is 0.587. The third kappa shape index (κ3) is 3.64. The van der Waals surface area contributed by atoms with E-state index in [0.717, 1.165) is 31.2 Å². The van der Waals surface area contributed by atoms with Crippen LogP contribution < -0.4 is 0 Å². The first-order valence-corrected chi connectivity index (χ1v) is 9.10. The van der Waals surface area contributed by atoms with Crippen molar-refractivity contribution in [2.45, 2.75) is 13.8 Å². The zero-order valence-corrected chi connectivity index (χ0v) is 15.8. The molecule has 1 aromatic heterocycles. The van der Waals surface area contributed by atoms with Gasteiger partial charge in [-0.1, -0.05) is 57.9 Å². The lowest BCUT2D eigenvalue weighted by atomic mass is 10.1. The number of rotatable bonds is 3. The van der Waals surface area contributed by atoms with Gasteiger partial charge in [0.15, 0.2) is 0 Å². The number of halogens is 1. The molecule has 2 aromatic carbocycles. The van der Waals surface area contributed by atoms with Crippen LogP contribution in [0, 0.1) is 25.2 Å². The molecule has 0 unspecified atom stereocenters. The Hall–Kier alpha value is -2.22. The van der Waals surface area contributed by atoms with Gasteiger partial charge in [0.05, 0.1) is 11.3 Å². The zero-order valence-electron chi connectivity index (χ0n) is 13.4. The molecule has 0 aliphatic carbocycles. The van der Waals surface area contributed by atoms with Crippen molar-refractivity contribution in [3.63, 3.8) is 0 Å². The molecule has 0 spiro atoms. The quantitative estimate of drug-likeness (QED) is 0.491. The molecule has 0 atom stereocenters. The average Bonchev–Trinajstić information content (AvgIpc) is 2.96. The summed E-state index contributed by atoms with van der Waals surface area (Å²) in [6.45, 7) is 4.11. The third-order valence-electron chi connectivity index (χ3n) is 3.65. The number of thiazole rings is 1. The van der Waals surface area contributed by atoms with Gasteiger partial charge in [-0.25, -0.2) is 4.98 Å². The number of hydrogen-bond donors (Lipinski definition) is 0. The van der Waals surface area contributed by atoms with Gasteiger partial charge >= 0.3 is 0 Å². The third-order valence-corrected chi connectivity index (χ3v) is 5.19. The van der Waals surface area contributed by atoms with E-state index in [0.29, 0.717) is 5.57 Å². The molecule has 3 aromatic rings. The second kappa shape index (κ2) is 7.12. The van der Waals surface area contributed by atoms with E-state index in [9.17, 15) is 5.26 Å². The lowest BCUT2D eigenvalue weighted by Gasteiger charge is -1.99. The fraction of sp³-hybridized carbons (Fsp3) is 0.100. The van der Waals surface area contributed by atoms with Crippen LogP contribution in [0.25, 0.3) is 22.9 Å². The lowest BCUT2D eigenvalue weighted by molar-refractivity contribution is 1.34. The first-order chi connectivity index (χ1) is 11.6. The van der Waals surface area contributed by atoms with E-state index in [1.807, 2.05) is 37.3 Å². The molecule has 118 valence electrons. The van der Waals surface area contributed by atoms with Gasteiger partial charge in [0.1, 0.15) is 11.1 Å². The van der Waals surface area contributed by atoms with Crippen molar-refractivity contribution < 1.29 is 0 Å². The molecule has 2 nitrogen and oxygen atoms in total. The summed E-state index contributed by atoms with van der Waals surface area (Å²) >= 11 is 4.98. The van der Waals surface area contributed by atoms with E-state index in [2.05, 4.69) is 53.2 Å². The number of aryl methyl sites for hydroxylation is 2. The van der Waals surface area contributed by atoms with Gasteiger partial charge < -0.3 is 0 Å². The molecule has 4 heteroatoms. The molecule has 0 bridgehead atoms. The minimum atomic E-state index is 0.587. The molecule has 0 amide bonds. The Labute approximate surface area is 154 Å². The molecule has 0 saturated carbocycles. The molecule has 0 saturated heterocycles. The SMILES string of the molecule is Cc1ccc(-c2nc(/C(C#N)=C\c3ccc(Br)cc3)sc2C)cc1. The van der Waals surface area contributed by atoms with Crippen molar-refractivity contribution in [3.8, 4) is 17.3 Å². The van der Waals surface area contributed by atoms with Crippen molar-refractivity contribution in [1.82, 2.24) is 4.98 Å². The van der Waals surface area contributed by atoms with Crippen LogP contribution in [0.1, 0.15) is 21.0 Å². The molecule has 24 heavy (non-hydrogen) atoms. The van der Waals surface area contributed by atoms with Gasteiger partial charge in [-0.05, 0) is 37.6 Å². The first-order valence-electron chi connectivity index (χ1n) is 7.49. The Morgan fingerprint density at radius 3 is 2.38 bits per heavy atom. The molecule has 0 N–H and O–H groups in total. The fourth-order valence-electron chi connectivity index (χ4n) is 2.36. The van der Waals surface area contributed by atoms with Crippen molar-refractivity contribution in [2.75, 3.05) is 0 Å². The van der Waals surface area contributed by atoms with Crippen molar-refractivity contribution in [3.05, 3.63) is 74.0 Å². The van der Waals surface area contributed by atoms with Crippen molar-refractivity contribution in [1.29, 1.82) is 5.26 Å². The van der Waals surface area contributed by atoms with Gasteiger partial charge in [0, 0.05) is 14.9 Å². The van der Waals surface area contributed by atoms with Gasteiger partial charge in [-0.15, -0.1) is 11.3 Å². The van der Waals surface area contributed by atoms with Crippen molar-refractivity contribution in [2.24, 2.45) is 0 Å². The number of nitriles is 1. The Morgan fingerprint density at radius 1 is 1.08 bits per heavy atom. The second-order valence-corrected chi connectivity index (χ2v) is 7.63. The van der Waals surface area contributed by atoms with E-state index in [-0.39, 0.29) is 0 Å². The Morgan fingerprint density at radius 2 is 1.75 bits per heavy atom. The maximum absolute atomic E-state index is 9.54. The predicted molar refractivity (Wildman–Crippen MR) is 105 cm³/mol. The lowest BCUT2D eigenvalue weighted by Crippen LogP contribution is -1.84. The van der Waals surface area contributed by atoms with Gasteiger partial charge in [0.25, 0.3) is 0 Å². The topological polar surface area (TPSA) is 36.7 Å². The minimum Gasteiger partial charge on any atom is -0.235 e. The molecular formula is C20H15BrN2S. The summed E-state index contributed by atoms with van der Waals surface area (Å²) in [6, 6.07) is 18.5. The number of nitrogens with zero attached hydrogens (tertiary/aromatic N) is 2. The summed E-state index contributed by atoms with van der Waals surface area (Å²) in [5, 5.41) is 10.3. The summed E-state index contributed by atoms with van der Waals surface area (Å²) < 4.78 is 1.02. The number of aromatic nitrogens is 1. The van der Waals surface area contributed by atoms with Crippen LogP contribution in [0.4, 0.5) is 0 Å². The second-order valence-electron chi connectivity index (χ2n) is 5.51. The average molecular weight is 395 g/mol. The van der Waals surface area contributed by atoms with Crippen LogP contribution in [0.5, 0.6) is 0 Å². The highest BCUT2D eigenvalue weighted by atomic mass is 79.9. The highest BCUT2D eigenvalue weighted by Gasteiger charge is 2.13. The molecule has 0 fully saturated rings. The maximum atomic E-state index is 9.54. The Balaban J connectivity index is 1.99. The van der Waals surface area contributed by atoms with Crippen LogP contribution in [0.15, 0.2) is 53.0 Å². The summed E-state index contributed by atoms with van der Waals surface area (Å²) in [5.41, 5.74) is 4.83. The van der Waals surface area contributed by atoms with E-state index in [1.54, 1.807) is 11.3 Å².